The molecule has 7 heteroatoms. The summed E-state index contributed by atoms with van der Waals surface area (Å²) >= 11 is 0. The minimum atomic E-state index is -0.473. The van der Waals surface area contributed by atoms with Crippen LogP contribution >= 0.6 is 0 Å². The molecule has 0 radical (unpaired) electrons. The Balaban J connectivity index is 1.61. The first-order valence-electron chi connectivity index (χ1n) is 8.59. The number of hydrogen-bond acceptors (Lipinski definition) is 5. The molecule has 0 saturated carbocycles. The third-order valence-electron chi connectivity index (χ3n) is 4.35. The average molecular weight is 365 g/mol. The van der Waals surface area contributed by atoms with Crippen LogP contribution in [0.5, 0.6) is 0 Å². The Morgan fingerprint density at radius 2 is 1.78 bits per heavy atom. The second-order valence-corrected chi connectivity index (χ2v) is 6.21. The van der Waals surface area contributed by atoms with Gasteiger partial charge in [-0.2, -0.15) is 5.26 Å². The Kier molecular flexibility index (Phi) is 5.57. The zero-order chi connectivity index (χ0) is 19.2. The van der Waals surface area contributed by atoms with Crippen LogP contribution in [-0.2, 0) is 4.79 Å². The van der Waals surface area contributed by atoms with Gasteiger partial charge in [-0.3, -0.25) is 4.79 Å². The molecule has 2 aromatic carbocycles. The lowest BCUT2D eigenvalue weighted by molar-refractivity contribution is -0.112. The van der Waals surface area contributed by atoms with Crippen molar-refractivity contribution in [1.82, 2.24) is 4.90 Å². The Labute approximate surface area is 157 Å². The fourth-order valence-corrected chi connectivity index (χ4v) is 2.89. The number of para-hydroxylation sites is 1. The molecule has 0 bridgehead atoms. The molecule has 2 aromatic rings. The van der Waals surface area contributed by atoms with Crippen LogP contribution in [0, 0.1) is 17.1 Å². The number of rotatable bonds is 4. The molecular weight excluding hydrogens is 345 g/mol. The predicted octanol–water partition coefficient (Wildman–Crippen LogP) is 2.58. The third-order valence-corrected chi connectivity index (χ3v) is 4.35. The predicted molar refractivity (Wildman–Crippen MR) is 103 cm³/mol. The standard InChI is InChI=1S/C20H20FN5O/c21-18-3-1-2-4-19(18)26-11-9-25(10-12-26)14-15(13-22)20(27)24-17-7-5-16(23)6-8-17/h1-8,14H,9-12,23H2,(H,24,27)/b15-14-. The summed E-state index contributed by atoms with van der Waals surface area (Å²) in [6.07, 6.45) is 1.56. The molecule has 3 rings (SSSR count). The minimum absolute atomic E-state index is 0.0196. The topological polar surface area (TPSA) is 85.4 Å². The SMILES string of the molecule is N#C/C(=C/N1CCN(c2ccccc2F)CC1)C(=O)Nc1ccc(N)cc1. The summed E-state index contributed by atoms with van der Waals surface area (Å²) in [5.41, 5.74) is 7.37. The Morgan fingerprint density at radius 3 is 2.41 bits per heavy atom. The summed E-state index contributed by atoms with van der Waals surface area (Å²) in [5.74, 6) is -0.721. The van der Waals surface area contributed by atoms with E-state index < -0.39 is 5.91 Å². The Bertz CT molecular complexity index is 880. The molecule has 1 heterocycles. The van der Waals surface area contributed by atoms with Crippen LogP contribution in [0.3, 0.4) is 0 Å². The molecule has 1 aliphatic heterocycles. The summed E-state index contributed by atoms with van der Waals surface area (Å²) in [4.78, 5) is 16.2. The van der Waals surface area contributed by atoms with Crippen molar-refractivity contribution in [2.75, 3.05) is 42.1 Å². The van der Waals surface area contributed by atoms with E-state index in [9.17, 15) is 14.4 Å². The fourth-order valence-electron chi connectivity index (χ4n) is 2.89. The number of piperazine rings is 1. The first-order valence-corrected chi connectivity index (χ1v) is 8.59. The Morgan fingerprint density at radius 1 is 1.11 bits per heavy atom. The number of carbonyl (C=O) groups is 1. The van der Waals surface area contributed by atoms with Crippen molar-refractivity contribution < 1.29 is 9.18 Å². The van der Waals surface area contributed by atoms with Crippen molar-refractivity contribution in [2.45, 2.75) is 0 Å². The fraction of sp³-hybridized carbons (Fsp3) is 0.200. The molecule has 0 unspecified atom stereocenters. The smallest absolute Gasteiger partial charge is 0.267 e. The molecule has 6 nitrogen and oxygen atoms in total. The summed E-state index contributed by atoms with van der Waals surface area (Å²) < 4.78 is 13.9. The van der Waals surface area contributed by atoms with Gasteiger partial charge in [0.1, 0.15) is 17.5 Å². The molecule has 27 heavy (non-hydrogen) atoms. The number of nitrogens with two attached hydrogens (primary N) is 1. The number of anilines is 3. The highest BCUT2D eigenvalue weighted by Gasteiger charge is 2.19. The molecular formula is C20H20FN5O. The highest BCUT2D eigenvalue weighted by molar-refractivity contribution is 6.06. The van der Waals surface area contributed by atoms with Gasteiger partial charge in [-0.1, -0.05) is 12.1 Å². The lowest BCUT2D eigenvalue weighted by Crippen LogP contribution is -2.44. The quantitative estimate of drug-likeness (QED) is 0.494. The van der Waals surface area contributed by atoms with Gasteiger partial charge in [0.15, 0.2) is 0 Å². The van der Waals surface area contributed by atoms with Gasteiger partial charge >= 0.3 is 0 Å². The first kappa shape index (κ1) is 18.3. The highest BCUT2D eigenvalue weighted by atomic mass is 19.1. The highest BCUT2D eigenvalue weighted by Crippen LogP contribution is 2.20. The average Bonchev–Trinajstić information content (AvgIpc) is 2.69. The molecule has 3 N–H and O–H groups in total. The van der Waals surface area contributed by atoms with Crippen molar-refractivity contribution in [3.8, 4) is 6.07 Å². The second kappa shape index (κ2) is 8.23. The maximum atomic E-state index is 13.9. The van der Waals surface area contributed by atoms with Gasteiger partial charge in [-0.15, -0.1) is 0 Å². The maximum absolute atomic E-state index is 13.9. The zero-order valence-electron chi connectivity index (χ0n) is 14.7. The largest absolute Gasteiger partial charge is 0.399 e. The van der Waals surface area contributed by atoms with Crippen molar-refractivity contribution >= 4 is 23.0 Å². The normalized spacial score (nSPS) is 14.6. The molecule has 1 fully saturated rings. The van der Waals surface area contributed by atoms with Crippen LogP contribution in [0.1, 0.15) is 0 Å². The summed E-state index contributed by atoms with van der Waals surface area (Å²) in [5, 5.41) is 12.0. The van der Waals surface area contributed by atoms with Crippen molar-refractivity contribution in [1.29, 1.82) is 5.26 Å². The number of benzene rings is 2. The molecule has 0 aliphatic carbocycles. The number of halogens is 1. The number of nitrogens with zero attached hydrogens (tertiary/aromatic N) is 3. The third kappa shape index (κ3) is 4.55. The van der Waals surface area contributed by atoms with Crippen molar-refractivity contribution in [2.24, 2.45) is 0 Å². The van der Waals surface area contributed by atoms with Crippen LogP contribution < -0.4 is 16.0 Å². The van der Waals surface area contributed by atoms with E-state index >= 15 is 0 Å². The maximum Gasteiger partial charge on any atom is 0.267 e. The van der Waals surface area contributed by atoms with Gasteiger partial charge in [-0.05, 0) is 36.4 Å². The molecule has 1 aliphatic rings. The van der Waals surface area contributed by atoms with E-state index in [2.05, 4.69) is 5.32 Å². The first-order chi connectivity index (χ1) is 13.1. The van der Waals surface area contributed by atoms with Gasteiger partial charge in [0.2, 0.25) is 0 Å². The van der Waals surface area contributed by atoms with Crippen molar-refractivity contribution in [3.05, 3.63) is 66.1 Å². The van der Waals surface area contributed by atoms with Crippen LogP contribution in [0.4, 0.5) is 21.5 Å². The van der Waals surface area contributed by atoms with Gasteiger partial charge in [-0.25, -0.2) is 4.39 Å². The molecule has 1 saturated heterocycles. The van der Waals surface area contributed by atoms with Crippen LogP contribution in [0.2, 0.25) is 0 Å². The lowest BCUT2D eigenvalue weighted by Gasteiger charge is -2.35. The number of nitrogens with one attached hydrogen (secondary N) is 1. The van der Waals surface area contributed by atoms with Gasteiger partial charge < -0.3 is 20.9 Å². The number of nitriles is 1. The molecule has 0 spiro atoms. The van der Waals surface area contributed by atoms with E-state index in [1.165, 1.54) is 6.07 Å². The zero-order valence-corrected chi connectivity index (χ0v) is 14.7. The second-order valence-electron chi connectivity index (χ2n) is 6.21. The Hall–Kier alpha value is -3.53. The van der Waals surface area contributed by atoms with E-state index in [1.807, 2.05) is 15.9 Å². The summed E-state index contributed by atoms with van der Waals surface area (Å²) in [6.45, 7) is 2.40. The summed E-state index contributed by atoms with van der Waals surface area (Å²) in [6, 6.07) is 15.3. The van der Waals surface area contributed by atoms with Crippen LogP contribution in [-0.4, -0.2) is 37.0 Å². The monoisotopic (exact) mass is 365 g/mol. The van der Waals surface area contributed by atoms with Crippen LogP contribution in [0.15, 0.2) is 60.3 Å². The van der Waals surface area contributed by atoms with E-state index in [0.717, 1.165) is 0 Å². The number of amides is 1. The molecule has 138 valence electrons. The van der Waals surface area contributed by atoms with Gasteiger partial charge in [0.05, 0.1) is 5.69 Å². The number of hydrogen-bond donors (Lipinski definition) is 2. The van der Waals surface area contributed by atoms with E-state index in [0.29, 0.717) is 43.2 Å². The lowest BCUT2D eigenvalue weighted by atomic mass is 10.2. The summed E-state index contributed by atoms with van der Waals surface area (Å²) in [7, 11) is 0. The molecule has 1 amide bonds. The van der Waals surface area contributed by atoms with Crippen LogP contribution in [0.25, 0.3) is 0 Å². The number of nitrogen functional groups attached to an aromatic ring is 1. The molecule has 0 atom stereocenters. The van der Waals surface area contributed by atoms with Crippen molar-refractivity contribution in [3.63, 3.8) is 0 Å². The molecule has 0 aromatic heterocycles. The van der Waals surface area contributed by atoms with E-state index in [4.69, 9.17) is 5.73 Å². The van der Waals surface area contributed by atoms with Gasteiger partial charge in [0.25, 0.3) is 5.91 Å². The van der Waals surface area contributed by atoms with Gasteiger partial charge in [0, 0.05) is 43.8 Å². The number of carbonyl (C=O) groups excluding carboxylic acids is 1. The van der Waals surface area contributed by atoms with E-state index in [-0.39, 0.29) is 11.4 Å². The van der Waals surface area contributed by atoms with E-state index in [1.54, 1.807) is 48.7 Å². The minimum Gasteiger partial charge on any atom is -0.399 e.